The fourth-order valence-electron chi connectivity index (χ4n) is 0.0918. The lowest BCUT2D eigenvalue weighted by molar-refractivity contribution is 0.248. The lowest BCUT2D eigenvalue weighted by Crippen LogP contribution is -2.26. The molecule has 0 aliphatic carbocycles. The van der Waals surface area contributed by atoms with Crippen molar-refractivity contribution < 1.29 is 4.79 Å². The molecule has 7 heteroatoms. The molecule has 0 atom stereocenters. The smallest absolute Gasteiger partial charge is 0.273 e. The molecule has 0 bridgehead atoms. The van der Waals surface area contributed by atoms with E-state index in [9.17, 15) is 4.79 Å². The summed E-state index contributed by atoms with van der Waals surface area (Å²) in [7, 11) is 0. The van der Waals surface area contributed by atoms with Crippen LogP contribution < -0.4 is 11.3 Å². The predicted octanol–water partition coefficient (Wildman–Crippen LogP) is -0.0321. The third-order valence-electron chi connectivity index (χ3n) is 0.304. The lowest BCUT2D eigenvalue weighted by Gasteiger charge is -1.81. The van der Waals surface area contributed by atoms with E-state index in [2.05, 4.69) is 21.4 Å². The minimum absolute atomic E-state index is 0.832. The van der Waals surface area contributed by atoms with E-state index in [-0.39, 0.29) is 0 Å². The fourth-order valence-corrected chi connectivity index (χ4v) is 0.0918. The minimum Gasteiger partial charge on any atom is -0.273 e. The first-order chi connectivity index (χ1) is 3.81. The van der Waals surface area contributed by atoms with E-state index in [0.29, 0.717) is 0 Å². The van der Waals surface area contributed by atoms with Crippen LogP contribution in [0.1, 0.15) is 0 Å². The van der Waals surface area contributed by atoms with Crippen molar-refractivity contribution in [2.75, 3.05) is 0 Å². The fraction of sp³-hybridized carbons (Fsp3) is 0. The number of nitrogens with one attached hydrogen (secondary N) is 2. The van der Waals surface area contributed by atoms with Crippen LogP contribution in [0.15, 0.2) is 15.6 Å². The van der Waals surface area contributed by atoms with E-state index in [1.165, 1.54) is 0 Å². The van der Waals surface area contributed by atoms with Gasteiger partial charge >= 0.3 is 6.03 Å². The lowest BCUT2D eigenvalue weighted by atomic mass is 11.1. The van der Waals surface area contributed by atoms with Gasteiger partial charge in [-0.1, -0.05) is 5.11 Å². The van der Waals surface area contributed by atoms with Crippen LogP contribution >= 0.6 is 0 Å². The van der Waals surface area contributed by atoms with E-state index in [0.717, 1.165) is 0 Å². The minimum atomic E-state index is -0.832. The van der Waals surface area contributed by atoms with Crippen LogP contribution in [-0.2, 0) is 0 Å². The van der Waals surface area contributed by atoms with E-state index in [4.69, 9.17) is 5.53 Å². The number of urea groups is 1. The first-order valence-electron chi connectivity index (χ1n) is 1.59. The topological polar surface area (TPSA) is 116 Å². The molecule has 0 aliphatic heterocycles. The highest BCUT2D eigenvalue weighted by atomic mass is 16.2. The standard InChI is InChI=1S/CH4N6O/c2-4-1(8)5-7-6-3/h3H,2H2,(H,4,8). The van der Waals surface area contributed by atoms with Crippen LogP contribution in [0.3, 0.4) is 0 Å². The number of amides is 2. The van der Waals surface area contributed by atoms with Gasteiger partial charge in [0.2, 0.25) is 0 Å². The molecule has 44 valence electrons. The van der Waals surface area contributed by atoms with Crippen molar-refractivity contribution in [2.45, 2.75) is 0 Å². The van der Waals surface area contributed by atoms with Crippen molar-refractivity contribution in [2.24, 2.45) is 21.4 Å². The third kappa shape index (κ3) is 2.85. The van der Waals surface area contributed by atoms with Gasteiger partial charge in [-0.15, -0.1) is 0 Å². The Morgan fingerprint density at radius 3 is 2.75 bits per heavy atom. The van der Waals surface area contributed by atoms with Crippen LogP contribution in [-0.4, -0.2) is 6.03 Å². The normalized spacial score (nSPS) is 9.12. The molecule has 0 aromatic heterocycles. The summed E-state index contributed by atoms with van der Waals surface area (Å²) < 4.78 is 0. The van der Waals surface area contributed by atoms with Crippen molar-refractivity contribution in [1.82, 2.24) is 5.43 Å². The van der Waals surface area contributed by atoms with E-state index in [1.807, 2.05) is 0 Å². The van der Waals surface area contributed by atoms with Crippen LogP contribution in [0.4, 0.5) is 4.79 Å². The van der Waals surface area contributed by atoms with Crippen LogP contribution in [0.5, 0.6) is 0 Å². The van der Waals surface area contributed by atoms with Crippen LogP contribution in [0.2, 0.25) is 0 Å². The number of hydrogen-bond acceptors (Lipinski definition) is 3. The first-order valence-corrected chi connectivity index (χ1v) is 1.59. The zero-order valence-electron chi connectivity index (χ0n) is 3.83. The molecule has 0 radical (unpaired) electrons. The van der Waals surface area contributed by atoms with Gasteiger partial charge in [0.25, 0.3) is 0 Å². The predicted molar refractivity (Wildman–Crippen MR) is 22.7 cm³/mol. The number of rotatable bonds is 1. The highest BCUT2D eigenvalue weighted by Crippen LogP contribution is 1.74. The van der Waals surface area contributed by atoms with Crippen molar-refractivity contribution in [3.8, 4) is 0 Å². The maximum atomic E-state index is 9.93. The Balaban J connectivity index is 3.52. The summed E-state index contributed by atoms with van der Waals surface area (Å²) in [4.78, 5) is 9.93. The Morgan fingerprint density at radius 1 is 1.75 bits per heavy atom. The second-order valence-corrected chi connectivity index (χ2v) is 0.739. The average molecular weight is 116 g/mol. The Labute approximate surface area is 44.4 Å². The third-order valence-corrected chi connectivity index (χ3v) is 0.304. The number of nitrogens with two attached hydrogens (primary N) is 1. The van der Waals surface area contributed by atoms with Crippen molar-refractivity contribution in [3.05, 3.63) is 0 Å². The molecule has 0 unspecified atom stereocenters. The van der Waals surface area contributed by atoms with Gasteiger partial charge in [0.1, 0.15) is 0 Å². The average Bonchev–Trinajstić information content (AvgIpc) is 1.83. The molecule has 0 heterocycles. The summed E-state index contributed by atoms with van der Waals surface area (Å²) in [5.41, 5.74) is 7.67. The summed E-state index contributed by atoms with van der Waals surface area (Å²) in [6.45, 7) is 0. The molecule has 0 saturated heterocycles. The quantitative estimate of drug-likeness (QED) is 0.193. The second kappa shape index (κ2) is 3.81. The summed E-state index contributed by atoms with van der Waals surface area (Å²) in [6.07, 6.45) is 0. The maximum absolute atomic E-state index is 9.93. The molecular weight excluding hydrogens is 112 g/mol. The summed E-state index contributed by atoms with van der Waals surface area (Å²) >= 11 is 0. The van der Waals surface area contributed by atoms with Crippen molar-refractivity contribution in [1.29, 1.82) is 5.53 Å². The summed E-state index contributed by atoms with van der Waals surface area (Å²) in [6, 6.07) is -0.832. The molecule has 0 aromatic carbocycles. The first kappa shape index (κ1) is 6.63. The molecule has 2 amide bonds. The van der Waals surface area contributed by atoms with E-state index < -0.39 is 6.03 Å². The highest BCUT2D eigenvalue weighted by Gasteiger charge is 1.87. The van der Waals surface area contributed by atoms with Crippen molar-refractivity contribution >= 4 is 6.03 Å². The molecule has 7 nitrogen and oxygen atoms in total. The Kier molecular flexibility index (Phi) is 3.16. The maximum Gasteiger partial charge on any atom is 0.375 e. The van der Waals surface area contributed by atoms with Crippen LogP contribution in [0, 0.1) is 5.53 Å². The number of nitrogens with zero attached hydrogens (tertiary/aromatic N) is 3. The van der Waals surface area contributed by atoms with Gasteiger partial charge in [0.15, 0.2) is 0 Å². The second-order valence-electron chi connectivity index (χ2n) is 0.739. The van der Waals surface area contributed by atoms with E-state index in [1.54, 1.807) is 5.43 Å². The van der Waals surface area contributed by atoms with Gasteiger partial charge in [-0.25, -0.2) is 10.6 Å². The Hall–Kier alpha value is -1.37. The molecule has 0 aromatic rings. The van der Waals surface area contributed by atoms with Gasteiger partial charge in [-0.05, 0) is 10.4 Å². The Bertz CT molecular complexity index is 116. The molecule has 0 fully saturated rings. The molecule has 0 rings (SSSR count). The molecule has 0 saturated carbocycles. The number of carbonyl (C=O) groups excluding carboxylic acids is 1. The largest absolute Gasteiger partial charge is 0.375 e. The number of hydrazine groups is 1. The van der Waals surface area contributed by atoms with E-state index >= 15 is 0 Å². The molecular formula is CH4N6O. The molecule has 0 aliphatic rings. The molecule has 0 spiro atoms. The van der Waals surface area contributed by atoms with Gasteiger partial charge in [-0.3, -0.25) is 5.43 Å². The zero-order valence-corrected chi connectivity index (χ0v) is 3.83. The van der Waals surface area contributed by atoms with Gasteiger partial charge < -0.3 is 0 Å². The van der Waals surface area contributed by atoms with Crippen molar-refractivity contribution in [3.63, 3.8) is 0 Å². The van der Waals surface area contributed by atoms with Crippen LogP contribution in [0.25, 0.3) is 0 Å². The highest BCUT2D eigenvalue weighted by molar-refractivity contribution is 5.73. The monoisotopic (exact) mass is 116 g/mol. The number of hydrogen-bond donors (Lipinski definition) is 3. The Morgan fingerprint density at radius 2 is 2.38 bits per heavy atom. The molecule has 8 heavy (non-hydrogen) atoms. The molecule has 4 N–H and O–H groups in total. The van der Waals surface area contributed by atoms with Gasteiger partial charge in [-0.2, -0.15) is 5.53 Å². The van der Waals surface area contributed by atoms with Gasteiger partial charge in [0, 0.05) is 0 Å². The van der Waals surface area contributed by atoms with Gasteiger partial charge in [0.05, 0.1) is 0 Å². The number of carbonyl (C=O) groups is 1. The zero-order chi connectivity index (χ0) is 6.41. The SMILES string of the molecule is N=NN=NC(=O)NN. The summed E-state index contributed by atoms with van der Waals surface area (Å²) in [5, 5.41) is 7.84. The summed E-state index contributed by atoms with van der Waals surface area (Å²) in [5.74, 6) is 4.56.